The fraction of sp³-hybridized carbons (Fsp3) is 0.263. The second-order valence-electron chi connectivity index (χ2n) is 6.67. The van der Waals surface area contributed by atoms with Crippen molar-refractivity contribution in [3.63, 3.8) is 0 Å². The molecule has 0 spiro atoms. The molecule has 2 aromatic heterocycles. The van der Waals surface area contributed by atoms with Gasteiger partial charge >= 0.3 is 0 Å². The number of rotatable bonds is 4. The van der Waals surface area contributed by atoms with Gasteiger partial charge in [-0.2, -0.15) is 0 Å². The van der Waals surface area contributed by atoms with Crippen LogP contribution in [-0.2, 0) is 6.54 Å². The smallest absolute Gasteiger partial charge is 0.273 e. The zero-order valence-electron chi connectivity index (χ0n) is 14.7. The van der Waals surface area contributed by atoms with Gasteiger partial charge in [-0.05, 0) is 29.8 Å². The van der Waals surface area contributed by atoms with Gasteiger partial charge in [-0.25, -0.2) is 13.2 Å². The first kappa shape index (κ1) is 18.1. The Morgan fingerprint density at radius 2 is 1.96 bits per heavy atom. The highest BCUT2D eigenvalue weighted by atomic mass is 19.3. The molecule has 0 aliphatic carbocycles. The van der Waals surface area contributed by atoms with Gasteiger partial charge in [-0.3, -0.25) is 9.78 Å². The third-order valence-corrected chi connectivity index (χ3v) is 4.62. The largest absolute Gasteiger partial charge is 0.321 e. The first-order valence-electron chi connectivity index (χ1n) is 8.65. The maximum Gasteiger partial charge on any atom is 0.273 e. The molecule has 0 bridgehead atoms. The quantitative estimate of drug-likeness (QED) is 0.690. The molecule has 1 amide bonds. The number of likely N-dealkylation sites (tertiary alicyclic amines) is 1. The topological polar surface area (TPSA) is 63.9 Å². The summed E-state index contributed by atoms with van der Waals surface area (Å²) in [4.78, 5) is 17.8. The number of benzene rings is 1. The molecular weight excluding hydrogens is 371 g/mol. The fourth-order valence-electron chi connectivity index (χ4n) is 3.33. The molecule has 144 valence electrons. The lowest BCUT2D eigenvalue weighted by molar-refractivity contribution is 0.0117. The van der Waals surface area contributed by atoms with Crippen LogP contribution in [0.1, 0.15) is 34.3 Å². The van der Waals surface area contributed by atoms with Gasteiger partial charge in [0.1, 0.15) is 17.8 Å². The molecule has 0 saturated carbocycles. The van der Waals surface area contributed by atoms with Gasteiger partial charge in [-0.15, -0.1) is 10.2 Å². The predicted molar refractivity (Wildman–Crippen MR) is 93.1 cm³/mol. The van der Waals surface area contributed by atoms with Crippen LogP contribution in [0.25, 0.3) is 0 Å². The van der Waals surface area contributed by atoms with Crippen LogP contribution >= 0.6 is 0 Å². The van der Waals surface area contributed by atoms with Crippen molar-refractivity contribution in [2.24, 2.45) is 0 Å². The van der Waals surface area contributed by atoms with E-state index in [1.165, 1.54) is 30.7 Å². The summed E-state index contributed by atoms with van der Waals surface area (Å²) in [7, 11) is 0. The molecule has 0 unspecified atom stereocenters. The molecule has 1 aliphatic rings. The van der Waals surface area contributed by atoms with Crippen molar-refractivity contribution >= 4 is 5.91 Å². The Labute approximate surface area is 158 Å². The van der Waals surface area contributed by atoms with Crippen LogP contribution in [0.5, 0.6) is 0 Å². The van der Waals surface area contributed by atoms with E-state index in [-0.39, 0.29) is 23.9 Å². The summed E-state index contributed by atoms with van der Waals surface area (Å²) in [5, 5.41) is 7.83. The Morgan fingerprint density at radius 1 is 1.18 bits per heavy atom. The van der Waals surface area contributed by atoms with E-state index in [1.807, 2.05) is 0 Å². The number of aromatic nitrogens is 4. The van der Waals surface area contributed by atoms with E-state index in [2.05, 4.69) is 15.2 Å². The second-order valence-corrected chi connectivity index (χ2v) is 6.67. The van der Waals surface area contributed by atoms with E-state index < -0.39 is 30.8 Å². The predicted octanol–water partition coefficient (Wildman–Crippen LogP) is 3.08. The molecule has 1 atom stereocenters. The van der Waals surface area contributed by atoms with Crippen LogP contribution in [0.15, 0.2) is 55.0 Å². The first-order chi connectivity index (χ1) is 13.4. The van der Waals surface area contributed by atoms with Gasteiger partial charge in [0.05, 0.1) is 19.1 Å². The Hall–Kier alpha value is -3.23. The molecule has 3 heterocycles. The van der Waals surface area contributed by atoms with Crippen LogP contribution in [0.4, 0.5) is 13.2 Å². The summed E-state index contributed by atoms with van der Waals surface area (Å²) in [6, 6.07) is 9.65. The van der Waals surface area contributed by atoms with Crippen LogP contribution in [-0.4, -0.2) is 43.0 Å². The third kappa shape index (κ3) is 3.60. The lowest BCUT2D eigenvalue weighted by atomic mass is 10.1. The van der Waals surface area contributed by atoms with Crippen LogP contribution in [0, 0.1) is 5.82 Å². The highest BCUT2D eigenvalue weighted by molar-refractivity contribution is 5.92. The fourth-order valence-corrected chi connectivity index (χ4v) is 3.33. The van der Waals surface area contributed by atoms with Crippen molar-refractivity contribution < 1.29 is 18.0 Å². The average Bonchev–Trinajstić information content (AvgIpc) is 3.27. The Morgan fingerprint density at radius 3 is 2.68 bits per heavy atom. The highest BCUT2D eigenvalue weighted by Gasteiger charge is 2.49. The zero-order valence-corrected chi connectivity index (χ0v) is 14.7. The summed E-state index contributed by atoms with van der Waals surface area (Å²) in [6.45, 7) is -0.438. The van der Waals surface area contributed by atoms with Gasteiger partial charge in [0.25, 0.3) is 11.8 Å². The molecular formula is C19H16F3N5O. The number of alkyl halides is 2. The molecule has 1 aliphatic heterocycles. The molecule has 1 fully saturated rings. The maximum atomic E-state index is 14.2. The lowest BCUT2D eigenvalue weighted by Gasteiger charge is -2.23. The monoisotopic (exact) mass is 387 g/mol. The summed E-state index contributed by atoms with van der Waals surface area (Å²) in [6.07, 6.45) is 2.31. The third-order valence-electron chi connectivity index (χ3n) is 4.62. The van der Waals surface area contributed by atoms with Gasteiger partial charge in [-0.1, -0.05) is 18.2 Å². The Balaban J connectivity index is 1.64. The van der Waals surface area contributed by atoms with Crippen molar-refractivity contribution in [2.45, 2.75) is 24.9 Å². The summed E-state index contributed by atoms with van der Waals surface area (Å²) in [5.41, 5.74) is 0.851. The van der Waals surface area contributed by atoms with E-state index in [4.69, 9.17) is 0 Å². The summed E-state index contributed by atoms with van der Waals surface area (Å²) < 4.78 is 43.1. The van der Waals surface area contributed by atoms with E-state index in [9.17, 15) is 18.0 Å². The molecule has 4 rings (SSSR count). The molecule has 0 radical (unpaired) electrons. The number of carbonyl (C=O) groups excluding carboxylic acids is 1. The Kier molecular flexibility index (Phi) is 4.58. The number of pyridine rings is 1. The van der Waals surface area contributed by atoms with Gasteiger partial charge < -0.3 is 9.47 Å². The Bertz CT molecular complexity index is 975. The normalized spacial score (nSPS) is 18.4. The van der Waals surface area contributed by atoms with Crippen LogP contribution < -0.4 is 0 Å². The maximum absolute atomic E-state index is 14.2. The number of nitrogens with zero attached hydrogens (tertiary/aromatic N) is 5. The first-order valence-corrected chi connectivity index (χ1v) is 8.65. The van der Waals surface area contributed by atoms with Crippen LogP contribution in [0.2, 0.25) is 0 Å². The van der Waals surface area contributed by atoms with Crippen molar-refractivity contribution in [1.29, 1.82) is 0 Å². The standard InChI is InChI=1S/C19H16F3N5O/c20-14-6-4-13(5-7-14)10-26-12-24-25-17(26)16-9-19(21,22)11-27(16)18(28)15-3-1-2-8-23-15/h1-8,12,16H,9-11H2/t16-/m0/s1. The molecule has 0 N–H and O–H groups in total. The van der Waals surface area contributed by atoms with Crippen molar-refractivity contribution in [3.8, 4) is 0 Å². The van der Waals surface area contributed by atoms with E-state index in [0.29, 0.717) is 0 Å². The summed E-state index contributed by atoms with van der Waals surface area (Å²) in [5.74, 6) is -3.73. The lowest BCUT2D eigenvalue weighted by Crippen LogP contribution is -2.34. The summed E-state index contributed by atoms with van der Waals surface area (Å²) >= 11 is 0. The minimum absolute atomic E-state index is 0.0924. The SMILES string of the molecule is O=C(c1ccccn1)N1CC(F)(F)C[C@H]1c1nncn1Cc1ccc(F)cc1. The van der Waals surface area contributed by atoms with E-state index in [0.717, 1.165) is 10.5 Å². The van der Waals surface area contributed by atoms with Crippen molar-refractivity contribution in [2.75, 3.05) is 6.54 Å². The van der Waals surface area contributed by atoms with Gasteiger partial charge in [0.2, 0.25) is 0 Å². The van der Waals surface area contributed by atoms with Crippen molar-refractivity contribution in [3.05, 3.63) is 77.9 Å². The average molecular weight is 387 g/mol. The second kappa shape index (κ2) is 7.06. The van der Waals surface area contributed by atoms with Crippen LogP contribution in [0.3, 0.4) is 0 Å². The molecule has 1 saturated heterocycles. The molecule has 9 heteroatoms. The number of hydrogen-bond donors (Lipinski definition) is 0. The zero-order chi connectivity index (χ0) is 19.7. The number of carbonyl (C=O) groups is 1. The number of amides is 1. The molecule has 6 nitrogen and oxygen atoms in total. The number of hydrogen-bond acceptors (Lipinski definition) is 4. The minimum atomic E-state index is -3.04. The molecule has 1 aromatic carbocycles. The van der Waals surface area contributed by atoms with E-state index in [1.54, 1.807) is 28.8 Å². The molecule has 3 aromatic rings. The highest BCUT2D eigenvalue weighted by Crippen LogP contribution is 2.41. The van der Waals surface area contributed by atoms with Gasteiger partial charge in [0, 0.05) is 12.6 Å². The minimum Gasteiger partial charge on any atom is -0.321 e. The van der Waals surface area contributed by atoms with Gasteiger partial charge in [0.15, 0.2) is 5.82 Å². The van der Waals surface area contributed by atoms with Crippen molar-refractivity contribution in [1.82, 2.24) is 24.6 Å². The van der Waals surface area contributed by atoms with E-state index >= 15 is 0 Å². The molecule has 28 heavy (non-hydrogen) atoms. The number of halogens is 3.